The summed E-state index contributed by atoms with van der Waals surface area (Å²) < 4.78 is 0. The molecule has 2 heterocycles. The van der Waals surface area contributed by atoms with E-state index in [9.17, 15) is 4.79 Å². The van der Waals surface area contributed by atoms with Crippen LogP contribution in [0.3, 0.4) is 0 Å². The summed E-state index contributed by atoms with van der Waals surface area (Å²) in [7, 11) is 0. The average molecular weight is 247 g/mol. The Bertz CT molecular complexity index is 473. The minimum absolute atomic E-state index is 0.276. The fraction of sp³-hybridized carbons (Fsp3) is 0.500. The van der Waals surface area contributed by atoms with Crippen molar-refractivity contribution in [3.05, 3.63) is 11.1 Å². The van der Waals surface area contributed by atoms with Gasteiger partial charge in [-0.25, -0.2) is 4.99 Å². The van der Waals surface area contributed by atoms with Crippen molar-refractivity contribution in [2.24, 2.45) is 20.7 Å². The van der Waals surface area contributed by atoms with Crippen molar-refractivity contribution < 1.29 is 4.79 Å². The Morgan fingerprint density at radius 1 is 1.33 bits per heavy atom. The number of nitrogens with two attached hydrogens (primary N) is 1. The molecule has 0 aromatic rings. The van der Waals surface area contributed by atoms with Crippen LogP contribution < -0.4 is 11.1 Å². The van der Waals surface area contributed by atoms with Crippen LogP contribution in [0.15, 0.2) is 26.1 Å². The second-order valence-electron chi connectivity index (χ2n) is 4.17. The van der Waals surface area contributed by atoms with Gasteiger partial charge in [0.05, 0.1) is 5.57 Å². The third kappa shape index (κ3) is 2.53. The van der Waals surface area contributed by atoms with Crippen LogP contribution in [-0.4, -0.2) is 37.0 Å². The molecule has 0 saturated heterocycles. The molecule has 0 unspecified atom stereocenters. The zero-order valence-corrected chi connectivity index (χ0v) is 10.4. The molecule has 0 atom stereocenters. The highest BCUT2D eigenvalue weighted by Crippen LogP contribution is 2.17. The smallest absolute Gasteiger partial charge is 0.284 e. The normalized spacial score (nSPS) is 17.8. The van der Waals surface area contributed by atoms with E-state index in [2.05, 4.69) is 27.2 Å². The van der Waals surface area contributed by atoms with Crippen molar-refractivity contribution in [2.75, 3.05) is 13.1 Å². The lowest BCUT2D eigenvalue weighted by atomic mass is 10.1. The fourth-order valence-corrected chi connectivity index (χ4v) is 1.82. The van der Waals surface area contributed by atoms with E-state index in [-0.39, 0.29) is 12.5 Å². The predicted molar refractivity (Wildman–Crippen MR) is 72.0 cm³/mol. The van der Waals surface area contributed by atoms with Crippen LogP contribution in [0.4, 0.5) is 0 Å². The van der Waals surface area contributed by atoms with Gasteiger partial charge in [0.2, 0.25) is 5.96 Å². The molecule has 18 heavy (non-hydrogen) atoms. The largest absolute Gasteiger partial charge is 0.354 e. The van der Waals surface area contributed by atoms with E-state index < -0.39 is 0 Å². The maximum atomic E-state index is 11.8. The summed E-state index contributed by atoms with van der Waals surface area (Å²) in [4.78, 5) is 24.0. The standard InChI is InChI=1S/C12H17N5O/c1-2-3-4-5-14-12-16-10-9(11(18)17-12)8(6-13)7-15-10/h7H,2-6,13H2,1H3,(H,14,17,18). The van der Waals surface area contributed by atoms with Crippen molar-refractivity contribution in [3.8, 4) is 0 Å². The first-order valence-corrected chi connectivity index (χ1v) is 6.19. The minimum atomic E-state index is -0.309. The van der Waals surface area contributed by atoms with E-state index in [0.717, 1.165) is 25.8 Å². The topological polar surface area (TPSA) is 92.2 Å². The molecule has 2 aliphatic heterocycles. The lowest BCUT2D eigenvalue weighted by Crippen LogP contribution is -2.29. The highest BCUT2D eigenvalue weighted by atomic mass is 16.1. The van der Waals surface area contributed by atoms with Crippen LogP contribution in [0, 0.1) is 0 Å². The molecule has 0 aromatic heterocycles. The van der Waals surface area contributed by atoms with E-state index in [1.54, 1.807) is 6.21 Å². The Morgan fingerprint density at radius 2 is 2.17 bits per heavy atom. The van der Waals surface area contributed by atoms with Gasteiger partial charge >= 0.3 is 0 Å². The summed E-state index contributed by atoms with van der Waals surface area (Å²) in [6, 6.07) is 0. The molecular weight excluding hydrogens is 230 g/mol. The second-order valence-corrected chi connectivity index (χ2v) is 4.17. The Hall–Kier alpha value is -1.82. The molecule has 0 aliphatic carbocycles. The summed E-state index contributed by atoms with van der Waals surface area (Å²) in [5.41, 5.74) is 6.67. The van der Waals surface area contributed by atoms with Gasteiger partial charge in [0.15, 0.2) is 5.84 Å². The molecule has 2 rings (SSSR count). The maximum absolute atomic E-state index is 11.8. The molecule has 6 nitrogen and oxygen atoms in total. The van der Waals surface area contributed by atoms with Crippen molar-refractivity contribution in [1.82, 2.24) is 5.32 Å². The number of carbonyl (C=O) groups is 1. The number of unbranched alkanes of at least 4 members (excludes halogenated alkanes) is 2. The first kappa shape index (κ1) is 12.6. The number of nitrogens with one attached hydrogen (secondary N) is 1. The molecule has 0 saturated carbocycles. The highest BCUT2D eigenvalue weighted by Gasteiger charge is 2.27. The van der Waals surface area contributed by atoms with Crippen LogP contribution in [0.1, 0.15) is 26.2 Å². The van der Waals surface area contributed by atoms with Crippen molar-refractivity contribution >= 4 is 23.9 Å². The lowest BCUT2D eigenvalue weighted by Gasteiger charge is -2.11. The highest BCUT2D eigenvalue weighted by molar-refractivity contribution is 6.34. The average Bonchev–Trinajstić information content (AvgIpc) is 2.78. The molecule has 0 aromatic carbocycles. The lowest BCUT2D eigenvalue weighted by molar-refractivity contribution is -0.114. The van der Waals surface area contributed by atoms with E-state index >= 15 is 0 Å². The van der Waals surface area contributed by atoms with Gasteiger partial charge in [0.25, 0.3) is 5.91 Å². The number of guanidine groups is 1. The number of amidine groups is 1. The molecule has 2 aliphatic rings. The Kier molecular flexibility index (Phi) is 3.99. The third-order valence-electron chi connectivity index (χ3n) is 2.80. The summed E-state index contributed by atoms with van der Waals surface area (Å²) in [5, 5.41) is 3.05. The van der Waals surface area contributed by atoms with Crippen molar-refractivity contribution in [1.29, 1.82) is 0 Å². The van der Waals surface area contributed by atoms with Crippen LogP contribution in [0.2, 0.25) is 0 Å². The number of amides is 1. The molecule has 0 fully saturated rings. The number of rotatable bonds is 5. The van der Waals surface area contributed by atoms with E-state index in [4.69, 9.17) is 5.73 Å². The molecule has 3 N–H and O–H groups in total. The summed E-state index contributed by atoms with van der Waals surface area (Å²) in [6.45, 7) is 3.18. The van der Waals surface area contributed by atoms with Crippen LogP contribution in [0.5, 0.6) is 0 Å². The Balaban J connectivity index is 2.03. The van der Waals surface area contributed by atoms with E-state index in [0.29, 0.717) is 22.9 Å². The van der Waals surface area contributed by atoms with Crippen LogP contribution in [0.25, 0.3) is 0 Å². The first-order valence-electron chi connectivity index (χ1n) is 6.19. The van der Waals surface area contributed by atoms with Gasteiger partial charge in [-0.05, 0) is 6.42 Å². The van der Waals surface area contributed by atoms with Crippen molar-refractivity contribution in [2.45, 2.75) is 26.2 Å². The van der Waals surface area contributed by atoms with Crippen molar-refractivity contribution in [3.63, 3.8) is 0 Å². The molecule has 96 valence electrons. The van der Waals surface area contributed by atoms with E-state index in [1.165, 1.54) is 0 Å². The van der Waals surface area contributed by atoms with Crippen LogP contribution >= 0.6 is 0 Å². The van der Waals surface area contributed by atoms with Gasteiger partial charge in [-0.3, -0.25) is 4.79 Å². The summed E-state index contributed by atoms with van der Waals surface area (Å²) in [5.74, 6) is 0.467. The number of aliphatic imine (C=N–C) groups is 3. The van der Waals surface area contributed by atoms with Gasteiger partial charge in [-0.1, -0.05) is 19.8 Å². The molecule has 6 heteroatoms. The zero-order chi connectivity index (χ0) is 13.0. The van der Waals surface area contributed by atoms with Gasteiger partial charge in [0.1, 0.15) is 0 Å². The number of fused-ring (bicyclic) bond motifs is 1. The predicted octanol–water partition coefficient (Wildman–Crippen LogP) is 0.401. The molecule has 0 radical (unpaired) electrons. The zero-order valence-electron chi connectivity index (χ0n) is 10.4. The summed E-state index contributed by atoms with van der Waals surface area (Å²) in [6.07, 6.45) is 4.92. The number of hydrogen-bond acceptors (Lipinski definition) is 5. The van der Waals surface area contributed by atoms with Gasteiger partial charge in [-0.2, -0.15) is 9.98 Å². The molecular formula is C12H17N5O. The molecule has 0 bridgehead atoms. The quantitative estimate of drug-likeness (QED) is 0.689. The van der Waals surface area contributed by atoms with Crippen LogP contribution in [-0.2, 0) is 4.79 Å². The van der Waals surface area contributed by atoms with Gasteiger partial charge < -0.3 is 11.1 Å². The number of hydrogen-bond donors (Lipinski definition) is 2. The Labute approximate surface area is 106 Å². The maximum Gasteiger partial charge on any atom is 0.284 e. The SMILES string of the molecule is CCCCCNC1=NC(=O)C2=C(CN)C=NC2=N1. The fourth-order valence-electron chi connectivity index (χ4n) is 1.82. The van der Waals surface area contributed by atoms with E-state index in [1.807, 2.05) is 0 Å². The Morgan fingerprint density at radius 3 is 2.89 bits per heavy atom. The second kappa shape index (κ2) is 5.68. The minimum Gasteiger partial charge on any atom is -0.354 e. The van der Waals surface area contributed by atoms with Gasteiger partial charge in [-0.15, -0.1) is 0 Å². The third-order valence-corrected chi connectivity index (χ3v) is 2.80. The monoisotopic (exact) mass is 247 g/mol. The summed E-state index contributed by atoms with van der Waals surface area (Å²) >= 11 is 0. The number of carbonyl (C=O) groups excluding carboxylic acids is 1. The van der Waals surface area contributed by atoms with Gasteiger partial charge in [0, 0.05) is 24.9 Å². The molecule has 1 amide bonds. The molecule has 0 spiro atoms. The number of nitrogens with zero attached hydrogens (tertiary/aromatic N) is 3. The first-order chi connectivity index (χ1) is 8.76.